The van der Waals surface area contributed by atoms with Crippen LogP contribution in [0.25, 0.3) is 10.6 Å². The molecule has 2 aromatic rings. The van der Waals surface area contributed by atoms with Crippen LogP contribution in [0.4, 0.5) is 0 Å². The number of nitrogens with zero attached hydrogens (tertiary/aromatic N) is 1. The lowest BCUT2D eigenvalue weighted by Gasteiger charge is -2.08. The molecule has 1 aromatic carbocycles. The van der Waals surface area contributed by atoms with Crippen LogP contribution in [0.2, 0.25) is 0 Å². The molecule has 0 saturated heterocycles. The third-order valence-electron chi connectivity index (χ3n) is 3.13. The SMILES string of the molecule is CCC(C)NCc1cnc(-c2ccc(OC)cc2)s1. The lowest BCUT2D eigenvalue weighted by molar-refractivity contribution is 0.415. The Kier molecular flexibility index (Phi) is 4.93. The quantitative estimate of drug-likeness (QED) is 0.873. The molecule has 0 amide bonds. The zero-order chi connectivity index (χ0) is 13.7. The standard InChI is InChI=1S/C15H20N2OS/c1-4-11(2)16-9-14-10-17-15(19-14)12-5-7-13(18-3)8-6-12/h5-8,10-11,16H,4,9H2,1-3H3. The largest absolute Gasteiger partial charge is 0.497 e. The van der Waals surface area contributed by atoms with Gasteiger partial charge in [0, 0.05) is 29.2 Å². The minimum Gasteiger partial charge on any atom is -0.497 e. The summed E-state index contributed by atoms with van der Waals surface area (Å²) in [5, 5.41) is 4.54. The zero-order valence-electron chi connectivity index (χ0n) is 11.6. The molecule has 0 radical (unpaired) electrons. The van der Waals surface area contributed by atoms with Crippen LogP contribution < -0.4 is 10.1 Å². The molecular weight excluding hydrogens is 256 g/mol. The van der Waals surface area contributed by atoms with Gasteiger partial charge in [0.2, 0.25) is 0 Å². The average molecular weight is 276 g/mol. The topological polar surface area (TPSA) is 34.2 Å². The fraction of sp³-hybridized carbons (Fsp3) is 0.400. The van der Waals surface area contributed by atoms with E-state index >= 15 is 0 Å². The van der Waals surface area contributed by atoms with Crippen LogP contribution >= 0.6 is 11.3 Å². The Bertz CT molecular complexity index is 507. The van der Waals surface area contributed by atoms with Gasteiger partial charge in [-0.05, 0) is 37.6 Å². The van der Waals surface area contributed by atoms with E-state index in [1.807, 2.05) is 30.5 Å². The molecule has 1 atom stereocenters. The van der Waals surface area contributed by atoms with E-state index in [-0.39, 0.29) is 0 Å². The molecule has 1 unspecified atom stereocenters. The second-order valence-electron chi connectivity index (χ2n) is 4.55. The normalized spacial score (nSPS) is 12.4. The van der Waals surface area contributed by atoms with Gasteiger partial charge in [-0.2, -0.15) is 0 Å². The average Bonchev–Trinajstić information content (AvgIpc) is 2.93. The van der Waals surface area contributed by atoms with Gasteiger partial charge >= 0.3 is 0 Å². The van der Waals surface area contributed by atoms with Crippen LogP contribution in [0.5, 0.6) is 5.75 Å². The van der Waals surface area contributed by atoms with Crippen molar-refractivity contribution < 1.29 is 4.74 Å². The number of methoxy groups -OCH3 is 1. The van der Waals surface area contributed by atoms with Crippen LogP contribution in [0.15, 0.2) is 30.5 Å². The van der Waals surface area contributed by atoms with Crippen LogP contribution in [-0.4, -0.2) is 18.1 Å². The molecule has 0 aliphatic carbocycles. The van der Waals surface area contributed by atoms with Crippen molar-refractivity contribution in [2.45, 2.75) is 32.9 Å². The van der Waals surface area contributed by atoms with E-state index in [9.17, 15) is 0 Å². The van der Waals surface area contributed by atoms with E-state index in [0.717, 1.165) is 29.3 Å². The smallest absolute Gasteiger partial charge is 0.123 e. The van der Waals surface area contributed by atoms with E-state index in [2.05, 4.69) is 24.1 Å². The Balaban J connectivity index is 2.03. The predicted molar refractivity (Wildman–Crippen MR) is 80.7 cm³/mol. The van der Waals surface area contributed by atoms with Gasteiger partial charge in [0.25, 0.3) is 0 Å². The van der Waals surface area contributed by atoms with Crippen molar-refractivity contribution in [2.75, 3.05) is 7.11 Å². The molecule has 0 saturated carbocycles. The van der Waals surface area contributed by atoms with E-state index in [4.69, 9.17) is 4.74 Å². The number of hydrogen-bond acceptors (Lipinski definition) is 4. The number of hydrogen-bond donors (Lipinski definition) is 1. The van der Waals surface area contributed by atoms with Gasteiger partial charge in [-0.1, -0.05) is 6.92 Å². The summed E-state index contributed by atoms with van der Waals surface area (Å²) in [7, 11) is 1.68. The fourth-order valence-electron chi connectivity index (χ4n) is 1.68. The van der Waals surface area contributed by atoms with Crippen LogP contribution in [0.3, 0.4) is 0 Å². The third kappa shape index (κ3) is 3.78. The second-order valence-corrected chi connectivity index (χ2v) is 5.67. The van der Waals surface area contributed by atoms with Crippen molar-refractivity contribution >= 4 is 11.3 Å². The lowest BCUT2D eigenvalue weighted by Crippen LogP contribution is -2.23. The first kappa shape index (κ1) is 14.0. The number of ether oxygens (including phenoxy) is 1. The van der Waals surface area contributed by atoms with Crippen LogP contribution in [0, 0.1) is 0 Å². The maximum Gasteiger partial charge on any atom is 0.123 e. The highest BCUT2D eigenvalue weighted by Crippen LogP contribution is 2.26. The van der Waals surface area contributed by atoms with Crippen molar-refractivity contribution in [1.29, 1.82) is 0 Å². The minimum atomic E-state index is 0.548. The number of thiazole rings is 1. The van der Waals surface area contributed by atoms with Gasteiger partial charge in [-0.25, -0.2) is 4.98 Å². The van der Waals surface area contributed by atoms with Gasteiger partial charge in [0.05, 0.1) is 7.11 Å². The molecular formula is C15H20N2OS. The van der Waals surface area contributed by atoms with Crippen molar-refractivity contribution in [1.82, 2.24) is 10.3 Å². The molecule has 3 nitrogen and oxygen atoms in total. The Labute approximate surface area is 118 Å². The highest BCUT2D eigenvalue weighted by Gasteiger charge is 2.06. The molecule has 19 heavy (non-hydrogen) atoms. The Morgan fingerprint density at radius 3 is 2.68 bits per heavy atom. The molecule has 0 fully saturated rings. The van der Waals surface area contributed by atoms with Gasteiger partial charge in [0.15, 0.2) is 0 Å². The van der Waals surface area contributed by atoms with E-state index < -0.39 is 0 Å². The Morgan fingerprint density at radius 2 is 2.05 bits per heavy atom. The molecule has 1 aromatic heterocycles. The number of rotatable bonds is 6. The summed E-state index contributed by atoms with van der Waals surface area (Å²) in [6, 6.07) is 8.57. The molecule has 1 heterocycles. The van der Waals surface area contributed by atoms with E-state index in [1.165, 1.54) is 4.88 Å². The summed E-state index contributed by atoms with van der Waals surface area (Å²) in [5.74, 6) is 0.874. The molecule has 0 aliphatic rings. The fourth-order valence-corrected chi connectivity index (χ4v) is 2.54. The first-order chi connectivity index (χ1) is 9.22. The zero-order valence-corrected chi connectivity index (χ0v) is 12.5. The number of nitrogens with one attached hydrogen (secondary N) is 1. The Hall–Kier alpha value is -1.39. The number of aromatic nitrogens is 1. The summed E-state index contributed by atoms with van der Waals surface area (Å²) in [6.07, 6.45) is 3.10. The molecule has 0 bridgehead atoms. The lowest BCUT2D eigenvalue weighted by atomic mass is 10.2. The maximum atomic E-state index is 5.16. The first-order valence-electron chi connectivity index (χ1n) is 6.55. The predicted octanol–water partition coefficient (Wildman–Crippen LogP) is 3.71. The summed E-state index contributed by atoms with van der Waals surface area (Å²) in [6.45, 7) is 5.28. The highest BCUT2D eigenvalue weighted by molar-refractivity contribution is 7.15. The molecule has 0 aliphatic heterocycles. The summed E-state index contributed by atoms with van der Waals surface area (Å²) >= 11 is 1.74. The highest BCUT2D eigenvalue weighted by atomic mass is 32.1. The monoisotopic (exact) mass is 276 g/mol. The molecule has 4 heteroatoms. The van der Waals surface area contributed by atoms with Crippen molar-refractivity contribution in [2.24, 2.45) is 0 Å². The first-order valence-corrected chi connectivity index (χ1v) is 7.37. The molecule has 1 N–H and O–H groups in total. The minimum absolute atomic E-state index is 0.548. The Morgan fingerprint density at radius 1 is 1.32 bits per heavy atom. The summed E-state index contributed by atoms with van der Waals surface area (Å²) in [5.41, 5.74) is 1.14. The second kappa shape index (κ2) is 6.68. The molecule has 2 rings (SSSR count). The summed E-state index contributed by atoms with van der Waals surface area (Å²) in [4.78, 5) is 5.75. The molecule has 102 valence electrons. The van der Waals surface area contributed by atoms with Crippen molar-refractivity contribution in [3.63, 3.8) is 0 Å². The van der Waals surface area contributed by atoms with E-state index in [0.29, 0.717) is 6.04 Å². The van der Waals surface area contributed by atoms with Crippen LogP contribution in [-0.2, 0) is 6.54 Å². The summed E-state index contributed by atoms with van der Waals surface area (Å²) < 4.78 is 5.16. The van der Waals surface area contributed by atoms with Gasteiger partial charge < -0.3 is 10.1 Å². The number of benzene rings is 1. The maximum absolute atomic E-state index is 5.16. The van der Waals surface area contributed by atoms with Crippen molar-refractivity contribution in [3.8, 4) is 16.3 Å². The molecule has 0 spiro atoms. The van der Waals surface area contributed by atoms with Crippen LogP contribution in [0.1, 0.15) is 25.1 Å². The van der Waals surface area contributed by atoms with E-state index in [1.54, 1.807) is 18.4 Å². The van der Waals surface area contributed by atoms with Gasteiger partial charge in [-0.15, -0.1) is 11.3 Å². The van der Waals surface area contributed by atoms with Gasteiger partial charge in [-0.3, -0.25) is 0 Å². The van der Waals surface area contributed by atoms with Crippen molar-refractivity contribution in [3.05, 3.63) is 35.3 Å². The third-order valence-corrected chi connectivity index (χ3v) is 4.17. The van der Waals surface area contributed by atoms with Gasteiger partial charge in [0.1, 0.15) is 10.8 Å².